The number of likely N-dealkylation sites (tertiary alicyclic amines) is 1. The molecule has 2 aromatic rings. The Hall–Kier alpha value is -1.59. The first-order valence-electron chi connectivity index (χ1n) is 7.07. The molecule has 5 heteroatoms. The molecule has 1 aliphatic heterocycles. The quantitative estimate of drug-likeness (QED) is 0.933. The van der Waals surface area contributed by atoms with E-state index in [4.69, 9.17) is 8.94 Å². The van der Waals surface area contributed by atoms with Crippen molar-refractivity contribution in [1.29, 1.82) is 0 Å². The smallest absolute Gasteiger partial charge is 0.202 e. The molecule has 1 fully saturated rings. The number of aliphatic hydroxyl groups is 1. The highest BCUT2D eigenvalue weighted by molar-refractivity contribution is 5.49. The van der Waals surface area contributed by atoms with Crippen molar-refractivity contribution in [3.8, 4) is 11.5 Å². The van der Waals surface area contributed by atoms with Crippen molar-refractivity contribution in [1.82, 2.24) is 10.1 Å². The van der Waals surface area contributed by atoms with Gasteiger partial charge in [-0.1, -0.05) is 5.16 Å². The number of rotatable bonds is 3. The molecule has 3 rings (SSSR count). The van der Waals surface area contributed by atoms with E-state index in [-0.39, 0.29) is 0 Å². The molecule has 1 saturated heterocycles. The van der Waals surface area contributed by atoms with Crippen molar-refractivity contribution in [2.24, 2.45) is 0 Å². The average Bonchev–Trinajstić information content (AvgIpc) is 3.03. The molecule has 108 valence electrons. The van der Waals surface area contributed by atoms with Gasteiger partial charge in [-0.25, -0.2) is 0 Å². The van der Waals surface area contributed by atoms with Crippen molar-refractivity contribution in [3.63, 3.8) is 0 Å². The van der Waals surface area contributed by atoms with Crippen molar-refractivity contribution >= 4 is 0 Å². The highest BCUT2D eigenvalue weighted by Crippen LogP contribution is 2.24. The molecule has 0 saturated carbocycles. The second-order valence-corrected chi connectivity index (χ2v) is 5.79. The molecule has 1 aliphatic rings. The Morgan fingerprint density at radius 2 is 2.25 bits per heavy atom. The number of hydrogen-bond donors (Lipinski definition) is 1. The van der Waals surface area contributed by atoms with E-state index < -0.39 is 5.60 Å². The van der Waals surface area contributed by atoms with E-state index in [9.17, 15) is 5.11 Å². The van der Waals surface area contributed by atoms with Gasteiger partial charge in [0.2, 0.25) is 5.76 Å². The summed E-state index contributed by atoms with van der Waals surface area (Å²) in [6.45, 7) is 4.54. The summed E-state index contributed by atoms with van der Waals surface area (Å²) in [6.07, 6.45) is 4.29. The minimum atomic E-state index is -0.530. The zero-order chi connectivity index (χ0) is 14.0. The molecule has 1 atom stereocenters. The van der Waals surface area contributed by atoms with E-state index in [1.54, 1.807) is 6.26 Å². The lowest BCUT2D eigenvalue weighted by Gasteiger charge is -2.21. The molecule has 1 unspecified atom stereocenters. The molecular formula is C15H20N2O3. The van der Waals surface area contributed by atoms with Gasteiger partial charge in [0.25, 0.3) is 0 Å². The van der Waals surface area contributed by atoms with Crippen LogP contribution in [0.1, 0.15) is 31.9 Å². The number of nitrogens with zero attached hydrogens (tertiary/aromatic N) is 2. The highest BCUT2D eigenvalue weighted by atomic mass is 16.5. The second-order valence-electron chi connectivity index (χ2n) is 5.79. The zero-order valence-corrected chi connectivity index (χ0v) is 11.7. The highest BCUT2D eigenvalue weighted by Gasteiger charge is 2.25. The first-order valence-corrected chi connectivity index (χ1v) is 7.07. The van der Waals surface area contributed by atoms with Gasteiger partial charge >= 0.3 is 0 Å². The zero-order valence-electron chi connectivity index (χ0n) is 11.7. The van der Waals surface area contributed by atoms with Crippen LogP contribution in [0.3, 0.4) is 0 Å². The fourth-order valence-electron chi connectivity index (χ4n) is 2.63. The Kier molecular flexibility index (Phi) is 3.63. The van der Waals surface area contributed by atoms with Gasteiger partial charge in [0.05, 0.1) is 17.6 Å². The summed E-state index contributed by atoms with van der Waals surface area (Å²) < 4.78 is 10.6. The normalized spacial score (nSPS) is 24.7. The number of furan rings is 1. The molecule has 0 aromatic carbocycles. The molecule has 3 heterocycles. The average molecular weight is 276 g/mol. The van der Waals surface area contributed by atoms with E-state index in [2.05, 4.69) is 10.1 Å². The van der Waals surface area contributed by atoms with Crippen LogP contribution in [-0.4, -0.2) is 33.9 Å². The molecule has 0 amide bonds. The molecule has 2 aromatic heterocycles. The summed E-state index contributed by atoms with van der Waals surface area (Å²) in [5, 5.41) is 14.2. The molecule has 0 aliphatic carbocycles. The fraction of sp³-hybridized carbons (Fsp3) is 0.533. The maximum Gasteiger partial charge on any atom is 0.202 e. The van der Waals surface area contributed by atoms with Gasteiger partial charge in [0, 0.05) is 19.2 Å². The van der Waals surface area contributed by atoms with Gasteiger partial charge in [0.15, 0.2) is 5.76 Å². The molecular weight excluding hydrogens is 256 g/mol. The lowest BCUT2D eigenvalue weighted by molar-refractivity contribution is 0.0443. The van der Waals surface area contributed by atoms with E-state index in [1.165, 1.54) is 0 Å². The van der Waals surface area contributed by atoms with Crippen molar-refractivity contribution in [3.05, 3.63) is 30.2 Å². The van der Waals surface area contributed by atoms with Crippen LogP contribution < -0.4 is 0 Å². The Balaban J connectivity index is 1.63. The van der Waals surface area contributed by atoms with Crippen molar-refractivity contribution in [2.45, 2.75) is 38.3 Å². The summed E-state index contributed by atoms with van der Waals surface area (Å²) in [4.78, 5) is 2.31. The molecule has 20 heavy (non-hydrogen) atoms. The summed E-state index contributed by atoms with van der Waals surface area (Å²) in [5.74, 6) is 1.36. The summed E-state index contributed by atoms with van der Waals surface area (Å²) >= 11 is 0. The molecule has 0 radical (unpaired) electrons. The number of hydrogen-bond acceptors (Lipinski definition) is 5. The van der Waals surface area contributed by atoms with Crippen LogP contribution in [0, 0.1) is 0 Å². The minimum Gasteiger partial charge on any atom is -0.461 e. The Bertz CT molecular complexity index is 545. The van der Waals surface area contributed by atoms with Crippen LogP contribution in [0.5, 0.6) is 0 Å². The molecule has 1 N–H and O–H groups in total. The predicted molar refractivity (Wildman–Crippen MR) is 74.0 cm³/mol. The van der Waals surface area contributed by atoms with Gasteiger partial charge < -0.3 is 14.0 Å². The topological polar surface area (TPSA) is 62.6 Å². The van der Waals surface area contributed by atoms with Crippen molar-refractivity contribution < 1.29 is 14.0 Å². The van der Waals surface area contributed by atoms with Crippen molar-refractivity contribution in [2.75, 3.05) is 13.1 Å². The standard InChI is InChI=1S/C15H20N2O3/c1-15(18)5-3-7-17(8-6-15)11-12-10-14(20-16-12)13-4-2-9-19-13/h2,4,9-10,18H,3,5-8,11H2,1H3. The van der Waals surface area contributed by atoms with Crippen LogP contribution in [0.4, 0.5) is 0 Å². The Labute approximate surface area is 118 Å². The van der Waals surface area contributed by atoms with Gasteiger partial charge in [-0.2, -0.15) is 0 Å². The SMILES string of the molecule is CC1(O)CCCN(Cc2cc(-c3ccco3)on2)CC1. The Morgan fingerprint density at radius 3 is 3.05 bits per heavy atom. The second kappa shape index (κ2) is 5.42. The minimum absolute atomic E-state index is 0.530. The summed E-state index contributed by atoms with van der Waals surface area (Å²) in [5.41, 5.74) is 0.371. The van der Waals surface area contributed by atoms with Crippen LogP contribution in [0.15, 0.2) is 33.4 Å². The van der Waals surface area contributed by atoms with Gasteiger partial charge in [-0.15, -0.1) is 0 Å². The van der Waals surface area contributed by atoms with E-state index in [0.29, 0.717) is 11.5 Å². The largest absolute Gasteiger partial charge is 0.461 e. The van der Waals surface area contributed by atoms with Gasteiger partial charge in [-0.3, -0.25) is 4.90 Å². The van der Waals surface area contributed by atoms with E-state index in [0.717, 1.165) is 44.6 Å². The lowest BCUT2D eigenvalue weighted by Crippen LogP contribution is -2.28. The van der Waals surface area contributed by atoms with Crippen LogP contribution in [-0.2, 0) is 6.54 Å². The number of aromatic nitrogens is 1. The third kappa shape index (κ3) is 3.11. The lowest BCUT2D eigenvalue weighted by atomic mass is 9.98. The Morgan fingerprint density at radius 1 is 1.35 bits per heavy atom. The summed E-state index contributed by atoms with van der Waals surface area (Å²) in [7, 11) is 0. The fourth-order valence-corrected chi connectivity index (χ4v) is 2.63. The summed E-state index contributed by atoms with van der Waals surface area (Å²) in [6, 6.07) is 5.60. The third-order valence-corrected chi connectivity index (χ3v) is 3.86. The maximum atomic E-state index is 10.1. The van der Waals surface area contributed by atoms with Gasteiger partial charge in [-0.05, 0) is 44.9 Å². The first-order chi connectivity index (χ1) is 9.62. The van der Waals surface area contributed by atoms with E-state index in [1.807, 2.05) is 25.1 Å². The monoisotopic (exact) mass is 276 g/mol. The molecule has 5 nitrogen and oxygen atoms in total. The molecule has 0 bridgehead atoms. The van der Waals surface area contributed by atoms with Crippen LogP contribution in [0.2, 0.25) is 0 Å². The predicted octanol–water partition coefficient (Wildman–Crippen LogP) is 2.67. The molecule has 0 spiro atoms. The van der Waals surface area contributed by atoms with Crippen LogP contribution in [0.25, 0.3) is 11.5 Å². The van der Waals surface area contributed by atoms with Crippen LogP contribution >= 0.6 is 0 Å². The first kappa shape index (κ1) is 13.4. The maximum absolute atomic E-state index is 10.1. The van der Waals surface area contributed by atoms with Gasteiger partial charge in [0.1, 0.15) is 0 Å². The van der Waals surface area contributed by atoms with E-state index >= 15 is 0 Å². The third-order valence-electron chi connectivity index (χ3n) is 3.86.